The lowest BCUT2D eigenvalue weighted by atomic mass is 9.47. The molecule has 1 aromatic carbocycles. The Bertz CT molecular complexity index is 742. The normalized spacial score (nSPS) is 34.1. The number of esters is 1. The third-order valence-corrected chi connectivity index (χ3v) is 6.98. The Hall–Kier alpha value is -1.88. The van der Waals surface area contributed by atoms with Gasteiger partial charge in [-0.3, -0.25) is 9.59 Å². The summed E-state index contributed by atoms with van der Waals surface area (Å²) < 4.78 is 5.47. The number of carbonyl (C=O) groups is 2. The number of amides is 1. The number of benzene rings is 1. The van der Waals surface area contributed by atoms with E-state index >= 15 is 0 Å². The predicted molar refractivity (Wildman–Crippen MR) is 107 cm³/mol. The molecule has 4 bridgehead atoms. The lowest BCUT2D eigenvalue weighted by Crippen LogP contribution is -2.56. The minimum Gasteiger partial charge on any atom is -0.453 e. The van der Waals surface area contributed by atoms with Crippen molar-refractivity contribution in [1.82, 2.24) is 0 Å². The molecule has 152 valence electrons. The molecule has 2 unspecified atom stereocenters. The zero-order valence-corrected chi connectivity index (χ0v) is 16.9. The van der Waals surface area contributed by atoms with Gasteiger partial charge >= 0.3 is 5.97 Å². The molecule has 0 aromatic heterocycles. The summed E-state index contributed by atoms with van der Waals surface area (Å²) in [5.74, 6) is 0.424. The van der Waals surface area contributed by atoms with E-state index in [1.165, 1.54) is 12.0 Å². The maximum absolute atomic E-state index is 12.6. The minimum atomic E-state index is -0.838. The fraction of sp³-hybridized carbons (Fsp3) is 0.652. The molecule has 0 spiro atoms. The van der Waals surface area contributed by atoms with E-state index in [2.05, 4.69) is 12.2 Å². The van der Waals surface area contributed by atoms with Crippen molar-refractivity contribution in [2.75, 3.05) is 5.32 Å². The summed E-state index contributed by atoms with van der Waals surface area (Å²) in [4.78, 5) is 25.0. The Balaban J connectivity index is 1.32. The lowest BCUT2D eigenvalue weighted by Gasteiger charge is -2.60. The second-order valence-corrected chi connectivity index (χ2v) is 9.53. The highest BCUT2D eigenvalue weighted by molar-refractivity contribution is 5.95. The van der Waals surface area contributed by atoms with Gasteiger partial charge in [0.2, 0.25) is 0 Å². The molecule has 1 aromatic rings. The molecule has 5 rings (SSSR count). The van der Waals surface area contributed by atoms with Gasteiger partial charge in [0.05, 0.1) is 12.0 Å². The quantitative estimate of drug-likeness (QED) is 0.730. The first-order chi connectivity index (χ1) is 13.3. The Labute approximate surface area is 166 Å². The molecule has 28 heavy (non-hydrogen) atoms. The molecular formula is C23H31NO4. The molecule has 0 saturated heterocycles. The van der Waals surface area contributed by atoms with Crippen molar-refractivity contribution in [3.63, 3.8) is 0 Å². The third kappa shape index (κ3) is 3.95. The molecule has 4 aliphatic carbocycles. The van der Waals surface area contributed by atoms with Crippen LogP contribution in [0.1, 0.15) is 64.4 Å². The number of ether oxygens (including phenoxy) is 1. The van der Waals surface area contributed by atoms with Crippen LogP contribution in [0.5, 0.6) is 0 Å². The summed E-state index contributed by atoms with van der Waals surface area (Å²) in [7, 11) is 0. The number of aryl methyl sites for hydroxylation is 1. The highest BCUT2D eigenvalue weighted by Gasteiger charge is 2.57. The van der Waals surface area contributed by atoms with E-state index in [0.29, 0.717) is 30.4 Å². The number of nitrogens with one attached hydrogen (secondary N) is 1. The first kappa shape index (κ1) is 19.4. The minimum absolute atomic E-state index is 0.137. The maximum atomic E-state index is 12.6. The molecule has 0 aliphatic heterocycles. The molecular weight excluding hydrogens is 354 g/mol. The molecule has 0 heterocycles. The van der Waals surface area contributed by atoms with E-state index < -0.39 is 11.7 Å². The summed E-state index contributed by atoms with van der Waals surface area (Å²) in [6.07, 6.45) is 6.09. The van der Waals surface area contributed by atoms with E-state index in [4.69, 9.17) is 4.74 Å². The van der Waals surface area contributed by atoms with Crippen LogP contribution in [0.2, 0.25) is 0 Å². The molecule has 5 heteroatoms. The van der Waals surface area contributed by atoms with Gasteiger partial charge in [0.15, 0.2) is 6.10 Å². The second-order valence-electron chi connectivity index (χ2n) is 9.53. The van der Waals surface area contributed by atoms with Gasteiger partial charge in [-0.15, -0.1) is 0 Å². The third-order valence-electron chi connectivity index (χ3n) is 6.98. The van der Waals surface area contributed by atoms with Crippen LogP contribution >= 0.6 is 0 Å². The smallest absolute Gasteiger partial charge is 0.307 e. The van der Waals surface area contributed by atoms with Crippen LogP contribution in [-0.4, -0.2) is 28.7 Å². The fourth-order valence-electron chi connectivity index (χ4n) is 6.27. The predicted octanol–water partition coefficient (Wildman–Crippen LogP) is 3.84. The van der Waals surface area contributed by atoms with Crippen molar-refractivity contribution in [2.45, 2.75) is 76.9 Å². The van der Waals surface area contributed by atoms with Crippen molar-refractivity contribution in [3.05, 3.63) is 29.8 Å². The number of anilines is 1. The standard InChI is InChI=1S/C23H31NO4/c1-3-16-4-6-19(7-5-16)24-21(26)15(2)28-20(25)13-22-9-17-8-18(10-22)12-23(27,11-17)14-22/h4-7,15,17-18,27H,3,8-14H2,1-2H3,(H,24,26)/t15-,17-,18+,22?,23?/m0/s1. The number of rotatable bonds is 6. The van der Waals surface area contributed by atoms with Crippen LogP contribution in [0.25, 0.3) is 0 Å². The topological polar surface area (TPSA) is 75.6 Å². The zero-order chi connectivity index (χ0) is 19.9. The molecule has 4 saturated carbocycles. The van der Waals surface area contributed by atoms with E-state index in [0.717, 1.165) is 32.1 Å². The largest absolute Gasteiger partial charge is 0.453 e. The van der Waals surface area contributed by atoms with Gasteiger partial charge in [0.25, 0.3) is 5.91 Å². The molecule has 5 atom stereocenters. The van der Waals surface area contributed by atoms with Crippen LogP contribution in [0, 0.1) is 17.3 Å². The van der Waals surface area contributed by atoms with Gasteiger partial charge in [-0.05, 0) is 86.8 Å². The van der Waals surface area contributed by atoms with Crippen molar-refractivity contribution in [2.24, 2.45) is 17.3 Å². The van der Waals surface area contributed by atoms with E-state index in [1.54, 1.807) is 6.92 Å². The highest BCUT2D eigenvalue weighted by atomic mass is 16.5. The first-order valence-electron chi connectivity index (χ1n) is 10.6. The molecule has 1 amide bonds. The van der Waals surface area contributed by atoms with Crippen molar-refractivity contribution < 1.29 is 19.4 Å². The molecule has 0 radical (unpaired) electrons. The number of aliphatic hydroxyl groups is 1. The van der Waals surface area contributed by atoms with Crippen LogP contribution in [-0.2, 0) is 20.7 Å². The van der Waals surface area contributed by atoms with E-state index in [9.17, 15) is 14.7 Å². The summed E-state index contributed by atoms with van der Waals surface area (Å²) in [5, 5.41) is 13.6. The number of carbonyl (C=O) groups excluding carboxylic acids is 2. The Morgan fingerprint density at radius 2 is 1.82 bits per heavy atom. The van der Waals surface area contributed by atoms with Crippen LogP contribution in [0.15, 0.2) is 24.3 Å². The first-order valence-corrected chi connectivity index (χ1v) is 10.6. The Morgan fingerprint density at radius 3 is 2.39 bits per heavy atom. The van der Waals surface area contributed by atoms with Crippen molar-refractivity contribution in [3.8, 4) is 0 Å². The Kier molecular flexibility index (Phi) is 4.98. The summed E-state index contributed by atoms with van der Waals surface area (Å²) in [6, 6.07) is 7.68. The van der Waals surface area contributed by atoms with Crippen LogP contribution in [0.3, 0.4) is 0 Å². The lowest BCUT2D eigenvalue weighted by molar-refractivity contribution is -0.179. The van der Waals surface area contributed by atoms with Gasteiger partial charge in [-0.1, -0.05) is 19.1 Å². The fourth-order valence-corrected chi connectivity index (χ4v) is 6.27. The Morgan fingerprint density at radius 1 is 1.18 bits per heavy atom. The van der Waals surface area contributed by atoms with Gasteiger partial charge in [0.1, 0.15) is 0 Å². The van der Waals surface area contributed by atoms with E-state index in [1.807, 2.05) is 24.3 Å². The maximum Gasteiger partial charge on any atom is 0.307 e. The second kappa shape index (κ2) is 7.18. The molecule has 4 fully saturated rings. The van der Waals surface area contributed by atoms with Crippen molar-refractivity contribution >= 4 is 17.6 Å². The monoisotopic (exact) mass is 385 g/mol. The summed E-state index contributed by atoms with van der Waals surface area (Å²) >= 11 is 0. The zero-order valence-electron chi connectivity index (χ0n) is 16.9. The van der Waals surface area contributed by atoms with Crippen LogP contribution < -0.4 is 5.32 Å². The van der Waals surface area contributed by atoms with Gasteiger partial charge in [-0.25, -0.2) is 0 Å². The number of hydrogen-bond acceptors (Lipinski definition) is 4. The number of hydrogen-bond donors (Lipinski definition) is 2. The van der Waals surface area contributed by atoms with Gasteiger partial charge in [-0.2, -0.15) is 0 Å². The van der Waals surface area contributed by atoms with Gasteiger partial charge < -0.3 is 15.2 Å². The highest BCUT2D eigenvalue weighted by Crippen LogP contribution is 2.62. The average molecular weight is 386 g/mol. The molecule has 4 aliphatic rings. The van der Waals surface area contributed by atoms with E-state index in [-0.39, 0.29) is 17.3 Å². The molecule has 2 N–H and O–H groups in total. The molecule has 5 nitrogen and oxygen atoms in total. The van der Waals surface area contributed by atoms with Gasteiger partial charge in [0, 0.05) is 5.69 Å². The SMILES string of the molecule is CCc1ccc(NC(=O)[C@H](C)OC(=O)CC23C[C@@H]4C[C@@H](CC(O)(C4)C2)C3)cc1. The van der Waals surface area contributed by atoms with Crippen molar-refractivity contribution in [1.29, 1.82) is 0 Å². The average Bonchev–Trinajstić information content (AvgIpc) is 2.59. The van der Waals surface area contributed by atoms with Crippen LogP contribution in [0.4, 0.5) is 5.69 Å². The summed E-state index contributed by atoms with van der Waals surface area (Å²) in [5.41, 5.74) is 1.18. The summed E-state index contributed by atoms with van der Waals surface area (Å²) in [6.45, 7) is 3.69.